The second kappa shape index (κ2) is 9.99. The number of fused-ring (bicyclic) bond motifs is 1. The Labute approximate surface area is 231 Å². The number of nitrogen functional groups attached to an aromatic ring is 1. The minimum Gasteiger partial charge on any atom is -0.475 e. The largest absolute Gasteiger partial charge is 0.475 e. The topological polar surface area (TPSA) is 133 Å². The van der Waals surface area contributed by atoms with Gasteiger partial charge in [-0.2, -0.15) is 0 Å². The first kappa shape index (κ1) is 25.4. The van der Waals surface area contributed by atoms with Crippen molar-refractivity contribution in [3.8, 4) is 11.5 Å². The van der Waals surface area contributed by atoms with Crippen LogP contribution in [-0.4, -0.2) is 61.5 Å². The van der Waals surface area contributed by atoms with Crippen LogP contribution in [0.5, 0.6) is 11.5 Å². The van der Waals surface area contributed by atoms with E-state index < -0.39 is 5.54 Å². The van der Waals surface area contributed by atoms with Crippen molar-refractivity contribution in [3.05, 3.63) is 72.8 Å². The van der Waals surface area contributed by atoms with E-state index in [1.54, 1.807) is 11.2 Å². The molecule has 0 aliphatic carbocycles. The van der Waals surface area contributed by atoms with Crippen LogP contribution in [0.1, 0.15) is 24.0 Å². The number of aromatic nitrogens is 4. The molecule has 1 spiro atoms. The molecule has 1 atom stereocenters. The molecule has 1 fully saturated rings. The number of hydrogen-bond acceptors (Lipinski definition) is 9. The number of benzene rings is 2. The summed E-state index contributed by atoms with van der Waals surface area (Å²) in [5.74, 6) is 2.44. The summed E-state index contributed by atoms with van der Waals surface area (Å²) in [7, 11) is 1.96. The molecule has 4 aromatic rings. The highest BCUT2D eigenvalue weighted by Crippen LogP contribution is 2.35. The van der Waals surface area contributed by atoms with Crippen molar-refractivity contribution in [2.24, 2.45) is 12.0 Å². The second-order valence-electron chi connectivity index (χ2n) is 10.2. The summed E-state index contributed by atoms with van der Waals surface area (Å²) in [6.45, 7) is 7.08. The van der Waals surface area contributed by atoms with Crippen LogP contribution in [0.15, 0.2) is 66.7 Å². The number of aryl methyl sites for hydroxylation is 2. The zero-order chi connectivity index (χ0) is 27.9. The van der Waals surface area contributed by atoms with Gasteiger partial charge in [0.15, 0.2) is 0 Å². The van der Waals surface area contributed by atoms with Crippen molar-refractivity contribution in [2.75, 3.05) is 30.7 Å². The Bertz CT molecular complexity index is 1660. The summed E-state index contributed by atoms with van der Waals surface area (Å²) in [6, 6.07) is 11.6. The maximum atomic E-state index is 12.2. The number of nitrogens with one attached hydrogen (secondary N) is 1. The highest BCUT2D eigenvalue weighted by atomic mass is 16.5. The Kier molecular flexibility index (Phi) is 6.33. The zero-order valence-corrected chi connectivity index (χ0v) is 22.4. The van der Waals surface area contributed by atoms with Crippen molar-refractivity contribution < 1.29 is 14.3 Å². The van der Waals surface area contributed by atoms with Gasteiger partial charge in [-0.15, -0.1) is 0 Å². The van der Waals surface area contributed by atoms with Crippen molar-refractivity contribution in [1.82, 2.24) is 24.4 Å². The molecule has 6 rings (SSSR count). The number of likely N-dealkylation sites (tertiary alicyclic amines) is 1. The predicted octanol–water partition coefficient (Wildman–Crippen LogP) is 4.11. The molecule has 1 saturated heterocycles. The minimum atomic E-state index is -0.528. The number of aliphatic imine (C=N–C) groups is 1. The number of carbonyl (C=O) groups is 1. The molecule has 0 radical (unpaired) electrons. The first-order valence-electron chi connectivity index (χ1n) is 13.1. The van der Waals surface area contributed by atoms with Gasteiger partial charge >= 0.3 is 0 Å². The van der Waals surface area contributed by atoms with Gasteiger partial charge < -0.3 is 30.0 Å². The lowest BCUT2D eigenvalue weighted by molar-refractivity contribution is -0.128. The SMILES string of the molecule is C=CC(=O)N1CCCC2(COC(c3c(N)ncnc3Nc3ccc(Oc4ccc5c(c4)ncn5C)c(C)c3)=N2)C1. The maximum absolute atomic E-state index is 12.2. The molecule has 4 heterocycles. The molecule has 40 heavy (non-hydrogen) atoms. The van der Waals surface area contributed by atoms with Crippen LogP contribution < -0.4 is 15.8 Å². The van der Waals surface area contributed by atoms with Gasteiger partial charge in [0.1, 0.15) is 47.2 Å². The van der Waals surface area contributed by atoms with E-state index in [0.717, 1.165) is 40.9 Å². The summed E-state index contributed by atoms with van der Waals surface area (Å²) in [5, 5.41) is 3.34. The molecule has 2 aromatic heterocycles. The Morgan fingerprint density at radius 2 is 2.10 bits per heavy atom. The fourth-order valence-electron chi connectivity index (χ4n) is 5.24. The van der Waals surface area contributed by atoms with Crippen molar-refractivity contribution in [3.63, 3.8) is 0 Å². The number of ether oxygens (including phenoxy) is 2. The van der Waals surface area contributed by atoms with E-state index in [1.165, 1.54) is 12.4 Å². The normalized spacial score (nSPS) is 18.4. The molecule has 2 aliphatic rings. The van der Waals surface area contributed by atoms with Crippen LogP contribution >= 0.6 is 0 Å². The van der Waals surface area contributed by atoms with E-state index in [1.807, 2.05) is 54.9 Å². The van der Waals surface area contributed by atoms with E-state index in [2.05, 4.69) is 26.8 Å². The third-order valence-corrected chi connectivity index (χ3v) is 7.31. The molecule has 0 bridgehead atoms. The molecule has 0 saturated carbocycles. The molecule has 11 heteroatoms. The fourth-order valence-corrected chi connectivity index (χ4v) is 5.24. The average Bonchev–Trinajstić information content (AvgIpc) is 3.52. The highest BCUT2D eigenvalue weighted by molar-refractivity contribution is 6.04. The summed E-state index contributed by atoms with van der Waals surface area (Å²) < 4.78 is 14.2. The zero-order valence-electron chi connectivity index (χ0n) is 22.4. The highest BCUT2D eigenvalue weighted by Gasteiger charge is 2.42. The lowest BCUT2D eigenvalue weighted by Crippen LogP contribution is -2.49. The number of imidazole rings is 1. The van der Waals surface area contributed by atoms with Crippen LogP contribution in [0.2, 0.25) is 0 Å². The van der Waals surface area contributed by atoms with Gasteiger partial charge in [0.25, 0.3) is 0 Å². The summed E-state index contributed by atoms with van der Waals surface area (Å²) in [4.78, 5) is 31.9. The molecular formula is C29H30N8O3. The van der Waals surface area contributed by atoms with E-state index >= 15 is 0 Å². The molecule has 2 aliphatic heterocycles. The van der Waals surface area contributed by atoms with Crippen molar-refractivity contribution >= 4 is 40.2 Å². The van der Waals surface area contributed by atoms with Gasteiger partial charge in [0.05, 0.1) is 17.4 Å². The Balaban J connectivity index is 1.23. The molecule has 2 aromatic carbocycles. The lowest BCUT2D eigenvalue weighted by Gasteiger charge is -2.36. The number of nitrogens with zero attached hydrogens (tertiary/aromatic N) is 6. The quantitative estimate of drug-likeness (QED) is 0.351. The number of amides is 1. The number of nitrogens with two attached hydrogens (primary N) is 1. The number of carbonyl (C=O) groups excluding carboxylic acids is 1. The van der Waals surface area contributed by atoms with Crippen molar-refractivity contribution in [2.45, 2.75) is 25.3 Å². The Hall–Kier alpha value is -4.93. The van der Waals surface area contributed by atoms with E-state index in [0.29, 0.717) is 42.7 Å². The van der Waals surface area contributed by atoms with Crippen LogP contribution in [-0.2, 0) is 16.6 Å². The molecule has 11 nitrogen and oxygen atoms in total. The van der Waals surface area contributed by atoms with E-state index in [4.69, 9.17) is 20.2 Å². The predicted molar refractivity (Wildman–Crippen MR) is 153 cm³/mol. The Morgan fingerprint density at radius 3 is 2.92 bits per heavy atom. The van der Waals surface area contributed by atoms with Gasteiger partial charge in [-0.25, -0.2) is 19.9 Å². The first-order valence-corrected chi connectivity index (χ1v) is 13.1. The monoisotopic (exact) mass is 538 g/mol. The lowest BCUT2D eigenvalue weighted by atomic mass is 9.91. The third-order valence-electron chi connectivity index (χ3n) is 7.31. The molecule has 1 amide bonds. The van der Waals surface area contributed by atoms with E-state index in [-0.39, 0.29) is 11.7 Å². The standard InChI is InChI=1S/C29H30N8O3/c1-4-24(38)37-11-5-10-29(14-37)15-39-28(35-29)25-26(30)31-16-32-27(25)34-19-6-9-23(18(2)12-19)40-20-7-8-22-21(13-20)33-17-36(22)3/h4,6-9,12-13,16-17H,1,5,10-11,14-15H2,2-3H3,(H3,30,31,32,34). The van der Waals surface area contributed by atoms with Gasteiger partial charge in [-0.3, -0.25) is 4.79 Å². The maximum Gasteiger partial charge on any atom is 0.246 e. The van der Waals surface area contributed by atoms with Gasteiger partial charge in [0, 0.05) is 31.9 Å². The summed E-state index contributed by atoms with van der Waals surface area (Å²) >= 11 is 0. The number of hydrogen-bond donors (Lipinski definition) is 2. The van der Waals surface area contributed by atoms with Gasteiger partial charge in [0.2, 0.25) is 11.8 Å². The summed E-state index contributed by atoms with van der Waals surface area (Å²) in [6.07, 6.45) is 6.15. The van der Waals surface area contributed by atoms with Crippen LogP contribution in [0.4, 0.5) is 17.3 Å². The van der Waals surface area contributed by atoms with Crippen LogP contribution in [0.25, 0.3) is 11.0 Å². The van der Waals surface area contributed by atoms with Crippen molar-refractivity contribution in [1.29, 1.82) is 0 Å². The average molecular weight is 539 g/mol. The summed E-state index contributed by atoms with van der Waals surface area (Å²) in [5.41, 5.74) is 9.89. The number of piperidine rings is 1. The van der Waals surface area contributed by atoms with Gasteiger partial charge in [-0.1, -0.05) is 6.58 Å². The molecule has 204 valence electrons. The molecule has 1 unspecified atom stereocenters. The second-order valence-corrected chi connectivity index (χ2v) is 10.2. The molecule has 3 N–H and O–H groups in total. The first-order chi connectivity index (χ1) is 19.3. The number of rotatable bonds is 6. The van der Waals surface area contributed by atoms with E-state index in [9.17, 15) is 4.79 Å². The van der Waals surface area contributed by atoms with Gasteiger partial charge in [-0.05, 0) is 61.7 Å². The Morgan fingerprint density at radius 1 is 1.23 bits per heavy atom. The fraction of sp³-hybridized carbons (Fsp3) is 0.276. The van der Waals surface area contributed by atoms with Crippen LogP contribution in [0, 0.1) is 6.92 Å². The minimum absolute atomic E-state index is 0.104. The van der Waals surface area contributed by atoms with Crippen LogP contribution in [0.3, 0.4) is 0 Å². The number of anilines is 3. The smallest absolute Gasteiger partial charge is 0.246 e. The molecular weight excluding hydrogens is 508 g/mol. The third kappa shape index (κ3) is 4.70.